The number of nitrogens with one attached hydrogen (secondary N) is 1. The van der Waals surface area contributed by atoms with Crippen LogP contribution in [-0.4, -0.2) is 17.4 Å². The molecule has 0 unspecified atom stereocenters. The van der Waals surface area contributed by atoms with Crippen molar-refractivity contribution in [3.05, 3.63) is 98.4 Å². The molecule has 5 heteroatoms. The van der Waals surface area contributed by atoms with Gasteiger partial charge in [0, 0.05) is 21.9 Å². The Morgan fingerprint density at radius 3 is 2.34 bits per heavy atom. The van der Waals surface area contributed by atoms with Gasteiger partial charge in [0.25, 0.3) is 5.56 Å². The van der Waals surface area contributed by atoms with Crippen LogP contribution in [0.15, 0.2) is 70.5 Å². The van der Waals surface area contributed by atoms with Crippen LogP contribution in [-0.2, 0) is 6.42 Å². The van der Waals surface area contributed by atoms with Gasteiger partial charge in [-0.25, -0.2) is 0 Å². The Hall–Kier alpha value is -3.37. The second-order valence-corrected chi connectivity index (χ2v) is 11.3. The molecule has 1 heterocycles. The molecule has 1 aliphatic rings. The summed E-state index contributed by atoms with van der Waals surface area (Å²) < 4.78 is 5.99. The number of ketones is 1. The summed E-state index contributed by atoms with van der Waals surface area (Å²) in [6.45, 7) is 2.94. The van der Waals surface area contributed by atoms with Crippen molar-refractivity contribution in [2.75, 3.05) is 6.61 Å². The molecule has 216 valence electrons. The van der Waals surface area contributed by atoms with Crippen LogP contribution < -0.4 is 10.3 Å². The molecule has 0 atom stereocenters. The average molecular weight is 572 g/mol. The van der Waals surface area contributed by atoms with E-state index in [9.17, 15) is 9.59 Å². The maximum atomic E-state index is 13.5. The van der Waals surface area contributed by atoms with Crippen molar-refractivity contribution >= 4 is 29.5 Å². The van der Waals surface area contributed by atoms with Gasteiger partial charge in [-0.3, -0.25) is 9.59 Å². The van der Waals surface area contributed by atoms with Crippen LogP contribution in [0.25, 0.3) is 23.3 Å². The number of allylic oxidation sites excluding steroid dienone is 2. The summed E-state index contributed by atoms with van der Waals surface area (Å²) in [4.78, 5) is 29.6. The highest BCUT2D eigenvalue weighted by atomic mass is 35.5. The Morgan fingerprint density at radius 2 is 1.61 bits per heavy atom. The molecule has 1 aromatic heterocycles. The van der Waals surface area contributed by atoms with Crippen molar-refractivity contribution in [1.82, 2.24) is 4.98 Å². The summed E-state index contributed by atoms with van der Waals surface area (Å²) in [6.07, 6.45) is 19.3. The molecule has 2 aromatic carbocycles. The number of aromatic amines is 1. The maximum absolute atomic E-state index is 13.5. The number of H-pyrrole nitrogens is 1. The number of halogens is 1. The predicted octanol–water partition coefficient (Wildman–Crippen LogP) is 9.76. The summed E-state index contributed by atoms with van der Waals surface area (Å²) in [6, 6.07) is 17.3. The van der Waals surface area contributed by atoms with Crippen molar-refractivity contribution in [3.8, 4) is 16.9 Å². The molecule has 0 radical (unpaired) electrons. The standard InChI is InChI=1S/C36H42ClNO3/c1-2-3-4-5-6-7-8-9-10-14-24-41-30-19-15-16-27(25-30)20-23-33(39)35-34(28-17-12-11-13-18-28)31-26-29(37)21-22-32(31)38-36(35)40/h11-13,15-20,23,25-26H,2-10,14,21-22,24H2,1H3,(H,38,40). The van der Waals surface area contributed by atoms with Gasteiger partial charge in [-0.2, -0.15) is 0 Å². The first-order valence-electron chi connectivity index (χ1n) is 15.2. The summed E-state index contributed by atoms with van der Waals surface area (Å²) in [5.74, 6) is 0.437. The number of ether oxygens (including phenoxy) is 1. The molecule has 0 amide bonds. The van der Waals surface area contributed by atoms with Gasteiger partial charge in [0.2, 0.25) is 0 Å². The normalized spacial score (nSPS) is 12.8. The smallest absolute Gasteiger partial charge is 0.260 e. The SMILES string of the molecule is CCCCCCCCCCCCOc1cccc(C=CC(=O)c2c(-c3ccccc3)c3c([nH]c2=O)CCC(Cl)=C3)c1. The first kappa shape index (κ1) is 30.6. The number of carbonyl (C=O) groups is 1. The van der Waals surface area contributed by atoms with Crippen LogP contribution >= 0.6 is 11.6 Å². The topological polar surface area (TPSA) is 59.2 Å². The van der Waals surface area contributed by atoms with Crippen LogP contribution in [0.4, 0.5) is 0 Å². The molecule has 41 heavy (non-hydrogen) atoms. The maximum Gasteiger partial charge on any atom is 0.260 e. The van der Waals surface area contributed by atoms with Crippen LogP contribution in [0.1, 0.15) is 105 Å². The molecule has 1 aliphatic carbocycles. The largest absolute Gasteiger partial charge is 0.494 e. The van der Waals surface area contributed by atoms with Crippen molar-refractivity contribution in [1.29, 1.82) is 0 Å². The monoisotopic (exact) mass is 571 g/mol. The van der Waals surface area contributed by atoms with Gasteiger partial charge in [-0.15, -0.1) is 0 Å². The van der Waals surface area contributed by atoms with Crippen LogP contribution in [0.2, 0.25) is 0 Å². The van der Waals surface area contributed by atoms with Gasteiger partial charge >= 0.3 is 0 Å². The fraction of sp³-hybridized carbons (Fsp3) is 0.389. The number of rotatable bonds is 16. The molecule has 0 aliphatic heterocycles. The molecule has 4 nitrogen and oxygen atoms in total. The number of aryl methyl sites for hydroxylation is 1. The summed E-state index contributed by atoms with van der Waals surface area (Å²) >= 11 is 6.38. The zero-order valence-corrected chi connectivity index (χ0v) is 25.0. The second kappa shape index (κ2) is 16.2. The minimum Gasteiger partial charge on any atom is -0.494 e. The minimum absolute atomic E-state index is 0.127. The third kappa shape index (κ3) is 9.06. The number of pyridine rings is 1. The van der Waals surface area contributed by atoms with Crippen molar-refractivity contribution in [3.63, 3.8) is 0 Å². The number of hydrogen-bond acceptors (Lipinski definition) is 3. The minimum atomic E-state index is -0.378. The molecular weight excluding hydrogens is 530 g/mol. The van der Waals surface area contributed by atoms with Gasteiger partial charge in [0.15, 0.2) is 5.78 Å². The van der Waals surface area contributed by atoms with Gasteiger partial charge in [-0.1, -0.05) is 125 Å². The number of fused-ring (bicyclic) bond motifs is 1. The second-order valence-electron chi connectivity index (χ2n) is 10.9. The molecule has 0 spiro atoms. The highest BCUT2D eigenvalue weighted by Gasteiger charge is 2.23. The fourth-order valence-corrected chi connectivity index (χ4v) is 5.58. The van der Waals surface area contributed by atoms with Crippen molar-refractivity contribution < 1.29 is 9.53 Å². The first-order valence-corrected chi connectivity index (χ1v) is 15.6. The predicted molar refractivity (Wildman–Crippen MR) is 172 cm³/mol. The number of benzene rings is 2. The van der Waals surface area contributed by atoms with Crippen LogP contribution in [0, 0.1) is 0 Å². The average Bonchev–Trinajstić information content (AvgIpc) is 2.99. The molecule has 0 bridgehead atoms. The summed E-state index contributed by atoms with van der Waals surface area (Å²) in [5.41, 5.74) is 3.66. The lowest BCUT2D eigenvalue weighted by molar-refractivity contribution is 0.104. The molecule has 3 aromatic rings. The van der Waals surface area contributed by atoms with E-state index in [0.717, 1.165) is 34.6 Å². The Kier molecular flexibility index (Phi) is 12.1. The molecular formula is C36H42ClNO3. The van der Waals surface area contributed by atoms with E-state index in [4.69, 9.17) is 16.3 Å². The van der Waals surface area contributed by atoms with Crippen molar-refractivity contribution in [2.24, 2.45) is 0 Å². The lowest BCUT2D eigenvalue weighted by atomic mass is 9.89. The summed E-state index contributed by atoms with van der Waals surface area (Å²) in [7, 11) is 0. The van der Waals surface area contributed by atoms with E-state index in [-0.39, 0.29) is 16.9 Å². The van der Waals surface area contributed by atoms with E-state index in [1.807, 2.05) is 60.7 Å². The van der Waals surface area contributed by atoms with Gasteiger partial charge in [-0.05, 0) is 54.7 Å². The van der Waals surface area contributed by atoms with E-state index in [2.05, 4.69) is 11.9 Å². The van der Waals surface area contributed by atoms with Gasteiger partial charge in [0.05, 0.1) is 12.2 Å². The lowest BCUT2D eigenvalue weighted by Crippen LogP contribution is -2.22. The highest BCUT2D eigenvalue weighted by molar-refractivity contribution is 6.32. The molecule has 0 saturated carbocycles. The van der Waals surface area contributed by atoms with Gasteiger partial charge in [0.1, 0.15) is 5.75 Å². The molecule has 4 rings (SSSR count). The highest BCUT2D eigenvalue weighted by Crippen LogP contribution is 2.34. The zero-order valence-electron chi connectivity index (χ0n) is 24.2. The Labute approximate surface area is 249 Å². The Bertz CT molecular complexity index is 1400. The number of aromatic nitrogens is 1. The molecule has 0 saturated heterocycles. The third-order valence-electron chi connectivity index (χ3n) is 7.61. The number of unbranched alkanes of at least 4 members (excludes halogenated alkanes) is 9. The number of hydrogen-bond donors (Lipinski definition) is 1. The van der Waals surface area contributed by atoms with E-state index in [1.165, 1.54) is 63.9 Å². The van der Waals surface area contributed by atoms with E-state index < -0.39 is 0 Å². The van der Waals surface area contributed by atoms with E-state index >= 15 is 0 Å². The first-order chi connectivity index (χ1) is 20.1. The zero-order chi connectivity index (χ0) is 28.9. The third-order valence-corrected chi connectivity index (χ3v) is 7.91. The van der Waals surface area contributed by atoms with Crippen molar-refractivity contribution in [2.45, 2.75) is 84.0 Å². The Morgan fingerprint density at radius 1 is 0.902 bits per heavy atom. The summed E-state index contributed by atoms with van der Waals surface area (Å²) in [5, 5.41) is 0.713. The van der Waals surface area contributed by atoms with E-state index in [0.29, 0.717) is 30.0 Å². The van der Waals surface area contributed by atoms with Gasteiger partial charge < -0.3 is 9.72 Å². The van der Waals surface area contributed by atoms with E-state index in [1.54, 1.807) is 6.08 Å². The van der Waals surface area contributed by atoms with Crippen LogP contribution in [0.3, 0.4) is 0 Å². The van der Waals surface area contributed by atoms with Crippen LogP contribution in [0.5, 0.6) is 5.75 Å². The quantitative estimate of drug-likeness (QED) is 0.106. The molecule has 1 N–H and O–H groups in total. The molecule has 0 fully saturated rings. The lowest BCUT2D eigenvalue weighted by Gasteiger charge is -2.19. The number of carbonyl (C=O) groups excluding carboxylic acids is 1. The Balaban J connectivity index is 1.37. The fourth-order valence-electron chi connectivity index (χ4n) is 5.38.